The summed E-state index contributed by atoms with van der Waals surface area (Å²) >= 11 is 0. The highest BCUT2D eigenvalue weighted by molar-refractivity contribution is 7.64. The number of hydroxylamine groups is 1. The molecule has 0 fully saturated rings. The lowest BCUT2D eigenvalue weighted by molar-refractivity contribution is -0.133. The number of nitrogens with one attached hydrogen (secondary N) is 1. The molecule has 1 aliphatic rings. The maximum absolute atomic E-state index is 13.8. The van der Waals surface area contributed by atoms with Crippen LogP contribution in [0.3, 0.4) is 0 Å². The highest BCUT2D eigenvalue weighted by Gasteiger charge is 2.44. The Morgan fingerprint density at radius 2 is 1.92 bits per heavy atom. The van der Waals surface area contributed by atoms with Crippen molar-refractivity contribution in [3.05, 3.63) is 65.5 Å². The summed E-state index contributed by atoms with van der Waals surface area (Å²) in [5.74, 6) is -1.12. The number of amides is 1. The van der Waals surface area contributed by atoms with Crippen LogP contribution in [0.1, 0.15) is 18.1 Å². The molecule has 6 nitrogen and oxygen atoms in total. The van der Waals surface area contributed by atoms with Gasteiger partial charge in [-0.1, -0.05) is 24.3 Å². The van der Waals surface area contributed by atoms with Crippen LogP contribution in [0.5, 0.6) is 0 Å². The van der Waals surface area contributed by atoms with E-state index < -0.39 is 25.3 Å². The highest BCUT2D eigenvalue weighted by Crippen LogP contribution is 2.53. The first-order chi connectivity index (χ1) is 12.5. The number of halogens is 1. The number of benzene rings is 2. The summed E-state index contributed by atoms with van der Waals surface area (Å²) in [5, 5.41) is 9.45. The fourth-order valence-electron chi connectivity index (χ4n) is 3.19. The molecule has 8 heteroatoms. The minimum atomic E-state index is -3.65. The standard InChI is InChI=1S/C18H20FN2O4P/c1-2-25-26(24,16-9-7-15(19)8-10-16)21-12-14-6-4-3-5-13(14)11-17(21)18(22)20-23/h3-10,17,23H,2,11-12H2,1H3,(H,20,22)/t17-,26-/m1/s1. The lowest BCUT2D eigenvalue weighted by atomic mass is 9.95. The van der Waals surface area contributed by atoms with Gasteiger partial charge < -0.3 is 4.52 Å². The summed E-state index contributed by atoms with van der Waals surface area (Å²) < 4.78 is 34.3. The molecule has 0 radical (unpaired) electrons. The minimum absolute atomic E-state index is 0.153. The molecule has 0 aromatic heterocycles. The Kier molecular flexibility index (Phi) is 5.53. The second-order valence-corrected chi connectivity index (χ2v) is 8.31. The number of carbonyl (C=O) groups is 1. The third-order valence-corrected chi connectivity index (χ3v) is 7.09. The molecule has 0 aliphatic carbocycles. The number of rotatable bonds is 5. The molecule has 2 atom stereocenters. The van der Waals surface area contributed by atoms with Gasteiger partial charge in [-0.15, -0.1) is 0 Å². The van der Waals surface area contributed by atoms with E-state index in [-0.39, 0.29) is 19.6 Å². The Labute approximate surface area is 151 Å². The fraction of sp³-hybridized carbons (Fsp3) is 0.278. The predicted octanol–water partition coefficient (Wildman–Crippen LogP) is 2.61. The number of hydrogen-bond donors (Lipinski definition) is 2. The first-order valence-corrected chi connectivity index (χ1v) is 9.86. The smallest absolute Gasteiger partial charge is 0.303 e. The molecule has 2 aromatic carbocycles. The lowest BCUT2D eigenvalue weighted by Crippen LogP contribution is -2.49. The van der Waals surface area contributed by atoms with E-state index in [1.54, 1.807) is 12.4 Å². The zero-order chi connectivity index (χ0) is 18.7. The number of hydrogen-bond acceptors (Lipinski definition) is 4. The summed E-state index contributed by atoms with van der Waals surface area (Å²) in [6.07, 6.45) is 0.279. The van der Waals surface area contributed by atoms with E-state index >= 15 is 0 Å². The molecule has 26 heavy (non-hydrogen) atoms. The zero-order valence-electron chi connectivity index (χ0n) is 14.3. The molecular weight excluding hydrogens is 358 g/mol. The molecular formula is C18H20FN2O4P. The number of nitrogens with zero attached hydrogens (tertiary/aromatic N) is 1. The van der Waals surface area contributed by atoms with Crippen molar-refractivity contribution in [3.63, 3.8) is 0 Å². The van der Waals surface area contributed by atoms with E-state index in [4.69, 9.17) is 9.73 Å². The average Bonchev–Trinajstić information content (AvgIpc) is 2.67. The maximum Gasteiger partial charge on any atom is 0.303 e. The topological polar surface area (TPSA) is 78.9 Å². The van der Waals surface area contributed by atoms with Crippen molar-refractivity contribution < 1.29 is 23.5 Å². The molecule has 138 valence electrons. The second kappa shape index (κ2) is 7.68. The second-order valence-electron chi connectivity index (χ2n) is 5.98. The molecule has 1 amide bonds. The molecule has 3 rings (SSSR count). The van der Waals surface area contributed by atoms with Gasteiger partial charge in [0.15, 0.2) is 0 Å². The monoisotopic (exact) mass is 378 g/mol. The van der Waals surface area contributed by atoms with E-state index in [0.717, 1.165) is 11.1 Å². The van der Waals surface area contributed by atoms with Crippen LogP contribution in [0.15, 0.2) is 48.5 Å². The van der Waals surface area contributed by atoms with E-state index in [2.05, 4.69) is 0 Å². The summed E-state index contributed by atoms with van der Waals surface area (Å²) in [6, 6.07) is 11.9. The Bertz CT molecular complexity index is 843. The molecule has 1 heterocycles. The van der Waals surface area contributed by atoms with Crippen molar-refractivity contribution in [1.29, 1.82) is 0 Å². The molecule has 0 spiro atoms. The van der Waals surface area contributed by atoms with Gasteiger partial charge in [-0.25, -0.2) is 14.5 Å². The Balaban J connectivity index is 2.09. The third-order valence-electron chi connectivity index (χ3n) is 4.43. The average molecular weight is 378 g/mol. The highest BCUT2D eigenvalue weighted by atomic mass is 31.2. The van der Waals surface area contributed by atoms with Gasteiger partial charge in [0.1, 0.15) is 11.9 Å². The third kappa shape index (κ3) is 3.44. The van der Waals surface area contributed by atoms with Crippen molar-refractivity contribution >= 4 is 18.7 Å². The normalized spacial score (nSPS) is 19.4. The van der Waals surface area contributed by atoms with Crippen LogP contribution in [-0.4, -0.2) is 28.4 Å². The molecule has 1 aliphatic heterocycles. The van der Waals surface area contributed by atoms with Crippen LogP contribution < -0.4 is 10.8 Å². The Morgan fingerprint density at radius 3 is 2.54 bits per heavy atom. The number of carbonyl (C=O) groups excluding carboxylic acids is 1. The molecule has 0 saturated carbocycles. The van der Waals surface area contributed by atoms with E-state index in [0.29, 0.717) is 5.30 Å². The molecule has 0 bridgehead atoms. The van der Waals surface area contributed by atoms with Crippen molar-refractivity contribution in [1.82, 2.24) is 10.2 Å². The molecule has 0 unspecified atom stereocenters. The summed E-state index contributed by atoms with van der Waals surface area (Å²) in [7, 11) is -3.65. The van der Waals surface area contributed by atoms with Gasteiger partial charge in [0.2, 0.25) is 0 Å². The van der Waals surface area contributed by atoms with E-state index in [1.807, 2.05) is 24.3 Å². The van der Waals surface area contributed by atoms with Gasteiger partial charge in [0, 0.05) is 6.54 Å². The van der Waals surface area contributed by atoms with Crippen LogP contribution in [-0.2, 0) is 26.8 Å². The Morgan fingerprint density at radius 1 is 1.27 bits per heavy atom. The SMILES string of the molecule is CCO[P@](=O)(c1ccc(F)cc1)N1Cc2ccccc2C[C@@H]1C(=O)NO. The van der Waals surface area contributed by atoms with Gasteiger partial charge in [-0.05, 0) is 48.7 Å². The summed E-state index contributed by atoms with van der Waals surface area (Å²) in [5.41, 5.74) is 3.52. The molecule has 0 saturated heterocycles. The number of fused-ring (bicyclic) bond motifs is 1. The minimum Gasteiger partial charge on any atom is -0.314 e. The van der Waals surface area contributed by atoms with E-state index in [9.17, 15) is 13.8 Å². The lowest BCUT2D eigenvalue weighted by Gasteiger charge is -2.39. The van der Waals surface area contributed by atoms with Gasteiger partial charge in [0.25, 0.3) is 5.91 Å². The van der Waals surface area contributed by atoms with E-state index in [1.165, 1.54) is 28.9 Å². The van der Waals surface area contributed by atoms with Crippen molar-refractivity contribution in [2.75, 3.05) is 6.61 Å². The predicted molar refractivity (Wildman–Crippen MR) is 94.7 cm³/mol. The quantitative estimate of drug-likeness (QED) is 0.475. The first-order valence-electron chi connectivity index (χ1n) is 8.28. The van der Waals surface area contributed by atoms with Gasteiger partial charge in [-0.2, -0.15) is 0 Å². The Hall–Kier alpha value is -2.05. The molecule has 2 N–H and O–H groups in total. The van der Waals surface area contributed by atoms with Gasteiger partial charge in [-0.3, -0.25) is 14.6 Å². The van der Waals surface area contributed by atoms with Gasteiger partial charge in [0.05, 0.1) is 11.9 Å². The van der Waals surface area contributed by atoms with Crippen LogP contribution in [0.2, 0.25) is 0 Å². The summed E-state index contributed by atoms with van der Waals surface area (Å²) in [4.78, 5) is 12.3. The molecule has 2 aromatic rings. The largest absolute Gasteiger partial charge is 0.314 e. The zero-order valence-corrected chi connectivity index (χ0v) is 15.2. The maximum atomic E-state index is 13.8. The van der Waals surface area contributed by atoms with Crippen molar-refractivity contribution in [2.45, 2.75) is 25.9 Å². The van der Waals surface area contributed by atoms with Crippen molar-refractivity contribution in [3.8, 4) is 0 Å². The fourth-order valence-corrected chi connectivity index (χ4v) is 5.55. The van der Waals surface area contributed by atoms with Crippen LogP contribution in [0.4, 0.5) is 4.39 Å². The van der Waals surface area contributed by atoms with Gasteiger partial charge >= 0.3 is 7.52 Å². The van der Waals surface area contributed by atoms with Crippen LogP contribution in [0.25, 0.3) is 0 Å². The van der Waals surface area contributed by atoms with Crippen LogP contribution in [0, 0.1) is 5.82 Å². The van der Waals surface area contributed by atoms with Crippen molar-refractivity contribution in [2.24, 2.45) is 0 Å². The summed E-state index contributed by atoms with van der Waals surface area (Å²) in [6.45, 7) is 2.07. The van der Waals surface area contributed by atoms with Crippen LogP contribution >= 0.6 is 7.52 Å². The first kappa shape index (κ1) is 18.7.